The SMILES string of the molecule is CC(=O)Nc1ccc(-c2cc(C(=O)Nc3ccc(F)cc3F)c3cc(C)ccc3n2)cc1. The molecule has 0 fully saturated rings. The first-order chi connectivity index (χ1) is 15.3. The van der Waals surface area contributed by atoms with E-state index in [0.717, 1.165) is 17.2 Å². The molecule has 0 atom stereocenters. The topological polar surface area (TPSA) is 71.1 Å². The van der Waals surface area contributed by atoms with Crippen LogP contribution in [-0.2, 0) is 4.79 Å². The number of aromatic nitrogens is 1. The van der Waals surface area contributed by atoms with E-state index >= 15 is 0 Å². The molecule has 0 aliphatic carbocycles. The van der Waals surface area contributed by atoms with Gasteiger partial charge in [0, 0.05) is 29.6 Å². The molecule has 0 saturated heterocycles. The van der Waals surface area contributed by atoms with Gasteiger partial charge in [-0.25, -0.2) is 13.8 Å². The van der Waals surface area contributed by atoms with E-state index in [4.69, 9.17) is 0 Å². The number of fused-ring (bicyclic) bond motifs is 1. The largest absolute Gasteiger partial charge is 0.326 e. The molecule has 0 spiro atoms. The van der Waals surface area contributed by atoms with Gasteiger partial charge in [-0.05, 0) is 49.4 Å². The van der Waals surface area contributed by atoms with E-state index in [1.54, 1.807) is 30.3 Å². The van der Waals surface area contributed by atoms with Crippen molar-refractivity contribution >= 4 is 34.1 Å². The highest BCUT2D eigenvalue weighted by atomic mass is 19.1. The summed E-state index contributed by atoms with van der Waals surface area (Å²) in [7, 11) is 0. The Labute approximate surface area is 183 Å². The third-order valence-corrected chi connectivity index (χ3v) is 4.89. The number of aryl methyl sites for hydroxylation is 1. The summed E-state index contributed by atoms with van der Waals surface area (Å²) in [6.07, 6.45) is 0. The van der Waals surface area contributed by atoms with Crippen LogP contribution in [0.5, 0.6) is 0 Å². The summed E-state index contributed by atoms with van der Waals surface area (Å²) in [6, 6.07) is 17.2. The van der Waals surface area contributed by atoms with Crippen LogP contribution in [0.2, 0.25) is 0 Å². The normalized spacial score (nSPS) is 10.8. The van der Waals surface area contributed by atoms with Gasteiger partial charge >= 0.3 is 0 Å². The lowest BCUT2D eigenvalue weighted by Crippen LogP contribution is -2.14. The van der Waals surface area contributed by atoms with Crippen molar-refractivity contribution in [1.29, 1.82) is 0 Å². The van der Waals surface area contributed by atoms with Crippen molar-refractivity contribution in [2.75, 3.05) is 10.6 Å². The molecule has 0 saturated carbocycles. The van der Waals surface area contributed by atoms with E-state index in [1.807, 2.05) is 25.1 Å². The number of benzene rings is 3. The number of rotatable bonds is 4. The Balaban J connectivity index is 1.77. The predicted octanol–water partition coefficient (Wildman–Crippen LogP) is 5.70. The molecule has 0 aliphatic heterocycles. The van der Waals surface area contributed by atoms with Gasteiger partial charge in [0.15, 0.2) is 0 Å². The third kappa shape index (κ3) is 4.46. The lowest BCUT2D eigenvalue weighted by Gasteiger charge is -2.12. The summed E-state index contributed by atoms with van der Waals surface area (Å²) in [4.78, 5) is 29.0. The zero-order valence-corrected chi connectivity index (χ0v) is 17.4. The number of hydrogen-bond acceptors (Lipinski definition) is 3. The van der Waals surface area contributed by atoms with Gasteiger partial charge in [0.05, 0.1) is 22.5 Å². The summed E-state index contributed by atoms with van der Waals surface area (Å²) in [5, 5.41) is 5.83. The number of hydrogen-bond donors (Lipinski definition) is 2. The van der Waals surface area contributed by atoms with Crippen LogP contribution >= 0.6 is 0 Å². The number of carbonyl (C=O) groups is 2. The Morgan fingerprint density at radius 2 is 1.62 bits per heavy atom. The van der Waals surface area contributed by atoms with Crippen LogP contribution in [0.15, 0.2) is 66.7 Å². The maximum atomic E-state index is 14.1. The molecule has 0 bridgehead atoms. The smallest absolute Gasteiger partial charge is 0.256 e. The lowest BCUT2D eigenvalue weighted by atomic mass is 10.0. The number of nitrogens with zero attached hydrogens (tertiary/aromatic N) is 1. The minimum atomic E-state index is -0.860. The van der Waals surface area contributed by atoms with E-state index in [1.165, 1.54) is 13.0 Å². The van der Waals surface area contributed by atoms with E-state index in [2.05, 4.69) is 15.6 Å². The fraction of sp³-hybridized carbons (Fsp3) is 0.0800. The van der Waals surface area contributed by atoms with Gasteiger partial charge in [-0.3, -0.25) is 9.59 Å². The van der Waals surface area contributed by atoms with E-state index in [-0.39, 0.29) is 11.6 Å². The molecular formula is C25H19F2N3O2. The van der Waals surface area contributed by atoms with Crippen molar-refractivity contribution in [2.45, 2.75) is 13.8 Å². The van der Waals surface area contributed by atoms with Gasteiger partial charge in [-0.15, -0.1) is 0 Å². The molecule has 4 rings (SSSR count). The molecule has 160 valence electrons. The number of halogens is 2. The zero-order chi connectivity index (χ0) is 22.8. The molecule has 32 heavy (non-hydrogen) atoms. The molecular weight excluding hydrogens is 412 g/mol. The zero-order valence-electron chi connectivity index (χ0n) is 17.4. The second-order valence-electron chi connectivity index (χ2n) is 7.41. The maximum absolute atomic E-state index is 14.1. The van der Waals surface area contributed by atoms with Gasteiger partial charge in [0.2, 0.25) is 5.91 Å². The molecule has 4 aromatic rings. The summed E-state index contributed by atoms with van der Waals surface area (Å²) in [6.45, 7) is 3.32. The number of carbonyl (C=O) groups excluding carboxylic acids is 2. The molecule has 3 aromatic carbocycles. The number of nitrogens with one attached hydrogen (secondary N) is 2. The fourth-order valence-electron chi connectivity index (χ4n) is 3.38. The van der Waals surface area contributed by atoms with Crippen LogP contribution in [0.25, 0.3) is 22.2 Å². The standard InChI is InChI=1S/C25H19F2N3O2/c1-14-3-9-22-19(11-14)20(25(32)30-23-10-6-17(26)12-21(23)27)13-24(29-22)16-4-7-18(8-5-16)28-15(2)31/h3-13H,1-2H3,(H,28,31)(H,30,32). The van der Waals surface area contributed by atoms with Crippen molar-refractivity contribution in [3.05, 3.63) is 89.5 Å². The van der Waals surface area contributed by atoms with Gasteiger partial charge in [0.1, 0.15) is 11.6 Å². The second-order valence-corrected chi connectivity index (χ2v) is 7.41. The van der Waals surface area contributed by atoms with Crippen LogP contribution in [0.3, 0.4) is 0 Å². The minimum Gasteiger partial charge on any atom is -0.326 e. The van der Waals surface area contributed by atoms with Crippen LogP contribution in [0.4, 0.5) is 20.2 Å². The third-order valence-electron chi connectivity index (χ3n) is 4.89. The number of amides is 2. The van der Waals surface area contributed by atoms with Gasteiger partial charge in [0.25, 0.3) is 5.91 Å². The van der Waals surface area contributed by atoms with Gasteiger partial charge in [-0.2, -0.15) is 0 Å². The van der Waals surface area contributed by atoms with Gasteiger partial charge in [-0.1, -0.05) is 23.8 Å². The first kappa shape index (κ1) is 21.1. The Morgan fingerprint density at radius 1 is 0.875 bits per heavy atom. The van der Waals surface area contributed by atoms with Crippen molar-refractivity contribution in [3.8, 4) is 11.3 Å². The van der Waals surface area contributed by atoms with E-state index in [0.29, 0.717) is 33.9 Å². The Morgan fingerprint density at radius 3 is 2.31 bits per heavy atom. The molecule has 2 N–H and O–H groups in total. The lowest BCUT2D eigenvalue weighted by molar-refractivity contribution is -0.114. The Kier molecular flexibility index (Phi) is 5.64. The maximum Gasteiger partial charge on any atom is 0.256 e. The fourth-order valence-corrected chi connectivity index (χ4v) is 3.38. The highest BCUT2D eigenvalue weighted by molar-refractivity contribution is 6.13. The molecule has 1 aromatic heterocycles. The Hall–Kier alpha value is -4.13. The number of pyridine rings is 1. The molecule has 0 unspecified atom stereocenters. The Bertz CT molecular complexity index is 1350. The first-order valence-electron chi connectivity index (χ1n) is 9.86. The molecule has 5 nitrogen and oxygen atoms in total. The van der Waals surface area contributed by atoms with Crippen molar-refractivity contribution < 1.29 is 18.4 Å². The summed E-state index contributed by atoms with van der Waals surface area (Å²) in [5.74, 6) is -2.30. The second kappa shape index (κ2) is 8.55. The van der Waals surface area contributed by atoms with Crippen molar-refractivity contribution in [3.63, 3.8) is 0 Å². The molecule has 7 heteroatoms. The average molecular weight is 431 g/mol. The summed E-state index contributed by atoms with van der Waals surface area (Å²) >= 11 is 0. The molecule has 0 aliphatic rings. The van der Waals surface area contributed by atoms with Crippen molar-refractivity contribution in [1.82, 2.24) is 4.98 Å². The van der Waals surface area contributed by atoms with Crippen LogP contribution < -0.4 is 10.6 Å². The highest BCUT2D eigenvalue weighted by Gasteiger charge is 2.16. The highest BCUT2D eigenvalue weighted by Crippen LogP contribution is 2.28. The van der Waals surface area contributed by atoms with Crippen LogP contribution in [0.1, 0.15) is 22.8 Å². The van der Waals surface area contributed by atoms with E-state index in [9.17, 15) is 18.4 Å². The summed E-state index contributed by atoms with van der Waals surface area (Å²) in [5.41, 5.74) is 3.66. The molecule has 0 radical (unpaired) electrons. The molecule has 1 heterocycles. The van der Waals surface area contributed by atoms with Crippen LogP contribution in [-0.4, -0.2) is 16.8 Å². The monoisotopic (exact) mass is 431 g/mol. The molecule has 2 amide bonds. The number of anilines is 2. The average Bonchev–Trinajstić information content (AvgIpc) is 2.75. The van der Waals surface area contributed by atoms with Crippen LogP contribution in [0, 0.1) is 18.6 Å². The van der Waals surface area contributed by atoms with Crippen molar-refractivity contribution in [2.24, 2.45) is 0 Å². The predicted molar refractivity (Wildman–Crippen MR) is 121 cm³/mol. The summed E-state index contributed by atoms with van der Waals surface area (Å²) < 4.78 is 27.3. The van der Waals surface area contributed by atoms with E-state index < -0.39 is 17.5 Å². The quantitative estimate of drug-likeness (QED) is 0.436. The van der Waals surface area contributed by atoms with Gasteiger partial charge < -0.3 is 10.6 Å². The minimum absolute atomic E-state index is 0.116. The first-order valence-corrected chi connectivity index (χ1v) is 9.86.